The third-order valence-corrected chi connectivity index (χ3v) is 3.34. The van der Waals surface area contributed by atoms with Crippen LogP contribution in [0.4, 0.5) is 13.2 Å². The number of nitrogens with two attached hydrogens (primary N) is 1. The largest absolute Gasteiger partial charge is 0.405 e. The number of halogens is 3. The Hall–Kier alpha value is -0.780. The number of amides is 1. The molecule has 0 aromatic heterocycles. The van der Waals surface area contributed by atoms with Crippen LogP contribution in [0.1, 0.15) is 32.6 Å². The number of carbonyl (C=O) groups excluding carboxylic acids is 1. The monoisotopic (exact) mass is 252 g/mol. The lowest BCUT2D eigenvalue weighted by Gasteiger charge is -2.30. The summed E-state index contributed by atoms with van der Waals surface area (Å²) in [7, 11) is 0. The summed E-state index contributed by atoms with van der Waals surface area (Å²) < 4.78 is 35.8. The van der Waals surface area contributed by atoms with Gasteiger partial charge in [-0.2, -0.15) is 13.2 Å². The van der Waals surface area contributed by atoms with Gasteiger partial charge in [-0.15, -0.1) is 0 Å². The zero-order chi connectivity index (χ0) is 13.1. The highest BCUT2D eigenvalue weighted by atomic mass is 19.4. The van der Waals surface area contributed by atoms with Gasteiger partial charge >= 0.3 is 6.18 Å². The first kappa shape index (κ1) is 14.3. The summed E-state index contributed by atoms with van der Waals surface area (Å²) in [6.45, 7) is 0.420. The molecule has 6 heteroatoms. The Kier molecular flexibility index (Phi) is 4.80. The second kappa shape index (κ2) is 5.71. The van der Waals surface area contributed by atoms with Crippen LogP contribution in [0.25, 0.3) is 0 Å². The molecule has 3 N–H and O–H groups in total. The van der Waals surface area contributed by atoms with E-state index >= 15 is 0 Å². The van der Waals surface area contributed by atoms with E-state index < -0.39 is 24.5 Å². The average Bonchev–Trinajstić information content (AvgIpc) is 2.24. The average molecular weight is 252 g/mol. The Morgan fingerprint density at radius 1 is 1.47 bits per heavy atom. The van der Waals surface area contributed by atoms with Gasteiger partial charge in [0.15, 0.2) is 0 Å². The number of hydrogen-bond acceptors (Lipinski definition) is 2. The van der Waals surface area contributed by atoms with Crippen LogP contribution in [-0.4, -0.2) is 24.7 Å². The molecule has 1 saturated carbocycles. The minimum Gasteiger partial charge on any atom is -0.347 e. The highest BCUT2D eigenvalue weighted by Gasteiger charge is 2.32. The number of carbonyl (C=O) groups is 1. The van der Waals surface area contributed by atoms with Gasteiger partial charge in [0.2, 0.25) is 5.91 Å². The van der Waals surface area contributed by atoms with Crippen LogP contribution in [-0.2, 0) is 4.79 Å². The minimum absolute atomic E-state index is 0.0756. The van der Waals surface area contributed by atoms with Gasteiger partial charge in [0.05, 0.1) is 0 Å². The minimum atomic E-state index is -4.35. The molecule has 0 heterocycles. The molecule has 0 aliphatic heterocycles. The summed E-state index contributed by atoms with van der Waals surface area (Å²) in [5.41, 5.74) is 5.79. The first-order valence-electron chi connectivity index (χ1n) is 5.89. The van der Waals surface area contributed by atoms with Crippen molar-refractivity contribution in [2.24, 2.45) is 17.6 Å². The van der Waals surface area contributed by atoms with Crippen molar-refractivity contribution >= 4 is 5.91 Å². The van der Waals surface area contributed by atoms with E-state index in [9.17, 15) is 18.0 Å². The van der Waals surface area contributed by atoms with Crippen LogP contribution < -0.4 is 11.1 Å². The van der Waals surface area contributed by atoms with Gasteiger partial charge in [0, 0.05) is 12.0 Å². The smallest absolute Gasteiger partial charge is 0.347 e. The fraction of sp³-hybridized carbons (Fsp3) is 0.909. The normalized spacial score (nSPS) is 27.6. The molecular formula is C11H19F3N2O. The lowest BCUT2D eigenvalue weighted by Crippen LogP contribution is -2.41. The van der Waals surface area contributed by atoms with Crippen LogP contribution in [0, 0.1) is 11.8 Å². The lowest BCUT2D eigenvalue weighted by atomic mass is 9.78. The summed E-state index contributed by atoms with van der Waals surface area (Å²) in [6, 6.07) is 0.0756. The van der Waals surface area contributed by atoms with E-state index in [0.717, 1.165) is 25.7 Å². The number of nitrogens with one attached hydrogen (secondary N) is 1. The van der Waals surface area contributed by atoms with Crippen molar-refractivity contribution in [3.8, 4) is 0 Å². The van der Waals surface area contributed by atoms with Crippen molar-refractivity contribution in [1.29, 1.82) is 0 Å². The van der Waals surface area contributed by atoms with E-state index in [1.807, 2.05) is 5.32 Å². The second-order valence-corrected chi connectivity index (χ2v) is 4.81. The zero-order valence-electron chi connectivity index (χ0n) is 9.89. The molecule has 1 amide bonds. The molecule has 3 atom stereocenters. The Morgan fingerprint density at radius 3 is 2.65 bits per heavy atom. The standard InChI is InChI=1S/C11H19F3N2O/c1-7(8-3-2-4-9(15)5-8)10(17)16-6-11(12,13)14/h7-9H,2-6,15H2,1H3,(H,16,17). The van der Waals surface area contributed by atoms with Gasteiger partial charge in [-0.25, -0.2) is 0 Å². The van der Waals surface area contributed by atoms with Gasteiger partial charge < -0.3 is 11.1 Å². The highest BCUT2D eigenvalue weighted by molar-refractivity contribution is 5.78. The van der Waals surface area contributed by atoms with Crippen LogP contribution >= 0.6 is 0 Å². The Labute approximate surface area is 98.9 Å². The molecule has 100 valence electrons. The van der Waals surface area contributed by atoms with E-state index in [0.29, 0.717) is 0 Å². The maximum atomic E-state index is 11.9. The summed E-state index contributed by atoms with van der Waals surface area (Å²) in [6.07, 6.45) is -0.872. The first-order valence-corrected chi connectivity index (χ1v) is 5.89. The molecule has 0 radical (unpaired) electrons. The Balaban J connectivity index is 2.40. The molecule has 0 saturated heterocycles. The Morgan fingerprint density at radius 2 is 2.12 bits per heavy atom. The summed E-state index contributed by atoms with van der Waals surface area (Å²) in [5.74, 6) is -0.822. The van der Waals surface area contributed by atoms with Gasteiger partial charge in [-0.1, -0.05) is 13.3 Å². The third kappa shape index (κ3) is 4.93. The van der Waals surface area contributed by atoms with E-state index in [4.69, 9.17) is 5.73 Å². The Bertz CT molecular complexity index is 268. The molecular weight excluding hydrogens is 233 g/mol. The predicted molar refractivity (Wildman–Crippen MR) is 58.2 cm³/mol. The van der Waals surface area contributed by atoms with Gasteiger partial charge in [0.1, 0.15) is 6.54 Å². The summed E-state index contributed by atoms with van der Waals surface area (Å²) in [5, 5.41) is 1.93. The molecule has 17 heavy (non-hydrogen) atoms. The van der Waals surface area contributed by atoms with Crippen molar-refractivity contribution in [3.05, 3.63) is 0 Å². The van der Waals surface area contributed by atoms with E-state index in [1.165, 1.54) is 0 Å². The quantitative estimate of drug-likeness (QED) is 0.805. The van der Waals surface area contributed by atoms with Crippen LogP contribution in [0.5, 0.6) is 0 Å². The molecule has 0 aromatic rings. The maximum absolute atomic E-state index is 11.9. The summed E-state index contributed by atoms with van der Waals surface area (Å²) >= 11 is 0. The van der Waals surface area contributed by atoms with E-state index in [2.05, 4.69) is 0 Å². The van der Waals surface area contributed by atoms with Gasteiger partial charge in [-0.3, -0.25) is 4.79 Å². The van der Waals surface area contributed by atoms with Crippen molar-refractivity contribution < 1.29 is 18.0 Å². The van der Waals surface area contributed by atoms with Gasteiger partial charge in [-0.05, 0) is 25.2 Å². The molecule has 1 aliphatic rings. The van der Waals surface area contributed by atoms with Crippen LogP contribution in [0.2, 0.25) is 0 Å². The number of rotatable bonds is 3. The van der Waals surface area contributed by atoms with Crippen LogP contribution in [0.3, 0.4) is 0 Å². The summed E-state index contributed by atoms with van der Waals surface area (Å²) in [4.78, 5) is 11.5. The molecule has 1 fully saturated rings. The van der Waals surface area contributed by atoms with Crippen LogP contribution in [0.15, 0.2) is 0 Å². The van der Waals surface area contributed by atoms with Gasteiger partial charge in [0.25, 0.3) is 0 Å². The third-order valence-electron chi connectivity index (χ3n) is 3.34. The fourth-order valence-corrected chi connectivity index (χ4v) is 2.28. The lowest BCUT2D eigenvalue weighted by molar-refractivity contribution is -0.141. The molecule has 0 aromatic carbocycles. The fourth-order valence-electron chi connectivity index (χ4n) is 2.28. The van der Waals surface area contributed by atoms with E-state index in [-0.39, 0.29) is 12.0 Å². The zero-order valence-corrected chi connectivity index (χ0v) is 9.89. The SMILES string of the molecule is CC(C(=O)NCC(F)(F)F)C1CCCC(N)C1. The van der Waals surface area contributed by atoms with E-state index in [1.54, 1.807) is 6.92 Å². The molecule has 0 spiro atoms. The molecule has 0 bridgehead atoms. The predicted octanol–water partition coefficient (Wildman–Crippen LogP) is 1.82. The van der Waals surface area contributed by atoms with Crippen molar-refractivity contribution in [3.63, 3.8) is 0 Å². The van der Waals surface area contributed by atoms with Crippen molar-refractivity contribution in [2.45, 2.75) is 44.8 Å². The maximum Gasteiger partial charge on any atom is 0.405 e. The molecule has 3 nitrogen and oxygen atoms in total. The van der Waals surface area contributed by atoms with Crippen molar-refractivity contribution in [1.82, 2.24) is 5.32 Å². The molecule has 1 rings (SSSR count). The molecule has 1 aliphatic carbocycles. The topological polar surface area (TPSA) is 55.1 Å². The highest BCUT2D eigenvalue weighted by Crippen LogP contribution is 2.29. The number of alkyl halides is 3. The number of hydrogen-bond donors (Lipinski definition) is 2. The molecule has 3 unspecified atom stereocenters. The first-order chi connectivity index (χ1) is 7.79. The van der Waals surface area contributed by atoms with Crippen molar-refractivity contribution in [2.75, 3.05) is 6.54 Å². The second-order valence-electron chi connectivity index (χ2n) is 4.81.